The van der Waals surface area contributed by atoms with Crippen LogP contribution in [-0.2, 0) is 9.53 Å². The molecule has 1 heterocycles. The summed E-state index contributed by atoms with van der Waals surface area (Å²) in [6.45, 7) is 7.49. The van der Waals surface area contributed by atoms with Crippen LogP contribution in [0.2, 0.25) is 0 Å². The van der Waals surface area contributed by atoms with Crippen molar-refractivity contribution in [2.75, 3.05) is 24.7 Å². The molecule has 0 bridgehead atoms. The minimum atomic E-state index is -0.820. The zero-order chi connectivity index (χ0) is 13.9. The lowest BCUT2D eigenvalue weighted by Gasteiger charge is -2.38. The Morgan fingerprint density at radius 3 is 2.74 bits per heavy atom. The van der Waals surface area contributed by atoms with Gasteiger partial charge in [-0.2, -0.15) is 0 Å². The highest BCUT2D eigenvalue weighted by Gasteiger charge is 2.40. The number of amides is 1. The summed E-state index contributed by atoms with van der Waals surface area (Å²) in [5, 5.41) is 0. The molecular weight excluding hydrogens is 242 g/mol. The first-order chi connectivity index (χ1) is 9.06. The van der Waals surface area contributed by atoms with E-state index in [1.165, 1.54) is 0 Å². The van der Waals surface area contributed by atoms with Gasteiger partial charge in [0.25, 0.3) is 5.91 Å². The molecule has 1 aromatic carbocycles. The predicted molar refractivity (Wildman–Crippen MR) is 74.6 cm³/mol. The smallest absolute Gasteiger partial charge is 0.270 e. The van der Waals surface area contributed by atoms with Gasteiger partial charge in [0.2, 0.25) is 0 Å². The molecule has 0 aliphatic carbocycles. The van der Waals surface area contributed by atoms with Crippen molar-refractivity contribution < 1.29 is 14.3 Å². The van der Waals surface area contributed by atoms with Crippen molar-refractivity contribution in [3.05, 3.63) is 24.3 Å². The minimum absolute atomic E-state index is 0.0219. The number of hydrogen-bond acceptors (Lipinski definition) is 3. The summed E-state index contributed by atoms with van der Waals surface area (Å²) >= 11 is 0. The molecule has 0 unspecified atom stereocenters. The average molecular weight is 263 g/mol. The van der Waals surface area contributed by atoms with Crippen LogP contribution in [0.3, 0.4) is 0 Å². The third-order valence-electron chi connectivity index (χ3n) is 3.09. The van der Waals surface area contributed by atoms with Gasteiger partial charge < -0.3 is 14.4 Å². The maximum atomic E-state index is 12.4. The van der Waals surface area contributed by atoms with Gasteiger partial charge in [0.05, 0.1) is 12.3 Å². The molecule has 0 radical (unpaired) electrons. The van der Waals surface area contributed by atoms with Crippen LogP contribution in [0.5, 0.6) is 5.75 Å². The number of carbonyl (C=O) groups is 1. The molecule has 0 spiro atoms. The Kier molecular flexibility index (Phi) is 4.10. The van der Waals surface area contributed by atoms with Crippen LogP contribution in [0.15, 0.2) is 24.3 Å². The number of para-hydroxylation sites is 2. The van der Waals surface area contributed by atoms with Gasteiger partial charge in [0.15, 0.2) is 5.60 Å². The molecule has 1 amide bonds. The molecule has 2 rings (SSSR count). The second-order valence-corrected chi connectivity index (χ2v) is 5.15. The number of rotatable bonds is 5. The van der Waals surface area contributed by atoms with E-state index in [0.29, 0.717) is 13.2 Å². The first-order valence-corrected chi connectivity index (χ1v) is 6.74. The van der Waals surface area contributed by atoms with Gasteiger partial charge in [-0.3, -0.25) is 4.79 Å². The summed E-state index contributed by atoms with van der Waals surface area (Å²) in [4.78, 5) is 14.2. The van der Waals surface area contributed by atoms with Crippen LogP contribution < -0.4 is 9.64 Å². The predicted octanol–water partition coefficient (Wildman–Crippen LogP) is 2.62. The second-order valence-electron chi connectivity index (χ2n) is 5.15. The Labute approximate surface area is 114 Å². The van der Waals surface area contributed by atoms with Crippen LogP contribution in [0.25, 0.3) is 0 Å². The third-order valence-corrected chi connectivity index (χ3v) is 3.09. The quantitative estimate of drug-likeness (QED) is 0.766. The summed E-state index contributed by atoms with van der Waals surface area (Å²) < 4.78 is 11.2. The molecule has 19 heavy (non-hydrogen) atoms. The number of nitrogens with zero attached hydrogens (tertiary/aromatic N) is 1. The number of carbonyl (C=O) groups excluding carboxylic acids is 1. The maximum Gasteiger partial charge on any atom is 0.270 e. The van der Waals surface area contributed by atoms with Gasteiger partial charge in [-0.1, -0.05) is 19.1 Å². The Morgan fingerprint density at radius 1 is 1.26 bits per heavy atom. The van der Waals surface area contributed by atoms with Gasteiger partial charge >= 0.3 is 0 Å². The third kappa shape index (κ3) is 2.89. The maximum absolute atomic E-state index is 12.4. The SMILES string of the molecule is CCCOCCN1C(=O)C(C)(C)Oc2ccccc21. The molecule has 0 fully saturated rings. The van der Waals surface area contributed by atoms with E-state index < -0.39 is 5.60 Å². The average Bonchev–Trinajstić information content (AvgIpc) is 2.38. The van der Waals surface area contributed by atoms with Crippen molar-refractivity contribution in [1.29, 1.82) is 0 Å². The molecular formula is C15H21NO3. The largest absolute Gasteiger partial charge is 0.476 e. The van der Waals surface area contributed by atoms with E-state index in [9.17, 15) is 4.79 Å². The van der Waals surface area contributed by atoms with E-state index in [1.807, 2.05) is 24.3 Å². The molecule has 104 valence electrons. The molecule has 1 aliphatic rings. The van der Waals surface area contributed by atoms with Crippen molar-refractivity contribution in [3.8, 4) is 5.75 Å². The zero-order valence-electron chi connectivity index (χ0n) is 11.8. The van der Waals surface area contributed by atoms with E-state index in [4.69, 9.17) is 9.47 Å². The highest BCUT2D eigenvalue weighted by atomic mass is 16.5. The van der Waals surface area contributed by atoms with E-state index in [-0.39, 0.29) is 5.91 Å². The van der Waals surface area contributed by atoms with Gasteiger partial charge in [-0.15, -0.1) is 0 Å². The summed E-state index contributed by atoms with van der Waals surface area (Å²) in [6, 6.07) is 7.62. The van der Waals surface area contributed by atoms with Gasteiger partial charge in [-0.25, -0.2) is 0 Å². The molecule has 1 aliphatic heterocycles. The number of hydrogen-bond donors (Lipinski definition) is 0. The van der Waals surface area contributed by atoms with Crippen LogP contribution in [0.1, 0.15) is 27.2 Å². The van der Waals surface area contributed by atoms with Crippen LogP contribution in [-0.4, -0.2) is 31.3 Å². The lowest BCUT2D eigenvalue weighted by atomic mass is 10.0. The van der Waals surface area contributed by atoms with Crippen LogP contribution in [0, 0.1) is 0 Å². The van der Waals surface area contributed by atoms with E-state index in [1.54, 1.807) is 18.7 Å². The van der Waals surface area contributed by atoms with Crippen molar-refractivity contribution >= 4 is 11.6 Å². The van der Waals surface area contributed by atoms with Crippen LogP contribution >= 0.6 is 0 Å². The first kappa shape index (κ1) is 13.9. The zero-order valence-corrected chi connectivity index (χ0v) is 11.8. The highest BCUT2D eigenvalue weighted by molar-refractivity contribution is 6.02. The molecule has 0 saturated carbocycles. The topological polar surface area (TPSA) is 38.8 Å². The summed E-state index contributed by atoms with van der Waals surface area (Å²) in [7, 11) is 0. The standard InChI is InChI=1S/C15H21NO3/c1-4-10-18-11-9-16-12-7-5-6-8-13(12)19-15(2,3)14(16)17/h5-8H,4,9-11H2,1-3H3. The van der Waals surface area contributed by atoms with Gasteiger partial charge in [-0.05, 0) is 32.4 Å². The normalized spacial score (nSPS) is 17.0. The molecule has 4 heteroatoms. The van der Waals surface area contributed by atoms with E-state index in [2.05, 4.69) is 6.92 Å². The van der Waals surface area contributed by atoms with Crippen molar-refractivity contribution in [2.24, 2.45) is 0 Å². The first-order valence-electron chi connectivity index (χ1n) is 6.74. The fourth-order valence-corrected chi connectivity index (χ4v) is 2.14. The van der Waals surface area contributed by atoms with Crippen LogP contribution in [0.4, 0.5) is 5.69 Å². The fraction of sp³-hybridized carbons (Fsp3) is 0.533. The Morgan fingerprint density at radius 2 is 2.00 bits per heavy atom. The molecule has 0 atom stereocenters. The summed E-state index contributed by atoms with van der Waals surface area (Å²) in [6.07, 6.45) is 0.985. The van der Waals surface area contributed by atoms with E-state index in [0.717, 1.165) is 24.5 Å². The highest BCUT2D eigenvalue weighted by Crippen LogP contribution is 2.37. The fourth-order valence-electron chi connectivity index (χ4n) is 2.14. The number of fused-ring (bicyclic) bond motifs is 1. The number of benzene rings is 1. The lowest BCUT2D eigenvalue weighted by Crippen LogP contribution is -2.53. The number of anilines is 1. The van der Waals surface area contributed by atoms with Gasteiger partial charge in [0, 0.05) is 13.2 Å². The minimum Gasteiger partial charge on any atom is -0.476 e. The number of ether oxygens (including phenoxy) is 2. The van der Waals surface area contributed by atoms with Crippen molar-refractivity contribution in [3.63, 3.8) is 0 Å². The molecule has 0 aromatic heterocycles. The summed E-state index contributed by atoms with van der Waals surface area (Å²) in [5.41, 5.74) is 0.00553. The Hall–Kier alpha value is -1.55. The van der Waals surface area contributed by atoms with Gasteiger partial charge in [0.1, 0.15) is 5.75 Å². The second kappa shape index (κ2) is 5.61. The molecule has 0 N–H and O–H groups in total. The molecule has 4 nitrogen and oxygen atoms in total. The Balaban J connectivity index is 2.17. The summed E-state index contributed by atoms with van der Waals surface area (Å²) in [5.74, 6) is 0.730. The van der Waals surface area contributed by atoms with Crippen molar-refractivity contribution in [1.82, 2.24) is 0 Å². The lowest BCUT2D eigenvalue weighted by molar-refractivity contribution is -0.132. The monoisotopic (exact) mass is 263 g/mol. The van der Waals surface area contributed by atoms with Crippen molar-refractivity contribution in [2.45, 2.75) is 32.8 Å². The molecule has 1 aromatic rings. The molecule has 0 saturated heterocycles. The van der Waals surface area contributed by atoms with E-state index >= 15 is 0 Å². The Bertz CT molecular complexity index is 456.